The number of ether oxygens (including phenoxy) is 1. The highest BCUT2D eigenvalue weighted by Crippen LogP contribution is 2.19. The summed E-state index contributed by atoms with van der Waals surface area (Å²) in [6.07, 6.45) is 1.42. The third kappa shape index (κ3) is 3.31. The van der Waals surface area contributed by atoms with Gasteiger partial charge in [-0.3, -0.25) is 0 Å². The molecule has 5 heteroatoms. The van der Waals surface area contributed by atoms with Crippen molar-refractivity contribution in [3.05, 3.63) is 60.2 Å². The number of aryl methyl sites for hydroxylation is 1. The van der Waals surface area contributed by atoms with Crippen molar-refractivity contribution >= 4 is 16.7 Å². The van der Waals surface area contributed by atoms with Crippen molar-refractivity contribution < 1.29 is 9.13 Å². The molecule has 0 radical (unpaired) electrons. The van der Waals surface area contributed by atoms with Crippen molar-refractivity contribution in [1.29, 1.82) is 0 Å². The number of nitrogens with zero attached hydrogens (tertiary/aromatic N) is 2. The van der Waals surface area contributed by atoms with Crippen LogP contribution in [0.2, 0.25) is 0 Å². The summed E-state index contributed by atoms with van der Waals surface area (Å²) in [4.78, 5) is 8.26. The van der Waals surface area contributed by atoms with Crippen LogP contribution in [-0.2, 0) is 0 Å². The zero-order chi connectivity index (χ0) is 15.4. The van der Waals surface area contributed by atoms with E-state index in [9.17, 15) is 4.39 Å². The van der Waals surface area contributed by atoms with Gasteiger partial charge >= 0.3 is 0 Å². The molecule has 1 N–H and O–H groups in total. The molecule has 0 bridgehead atoms. The molecule has 0 fully saturated rings. The Hall–Kier alpha value is -2.69. The smallest absolute Gasteiger partial charge is 0.137 e. The summed E-state index contributed by atoms with van der Waals surface area (Å²) in [6, 6.07) is 12.4. The number of fused-ring (bicyclic) bond motifs is 1. The van der Waals surface area contributed by atoms with Gasteiger partial charge in [0.1, 0.15) is 30.3 Å². The van der Waals surface area contributed by atoms with Gasteiger partial charge in [0.2, 0.25) is 0 Å². The fourth-order valence-electron chi connectivity index (χ4n) is 2.14. The predicted molar refractivity (Wildman–Crippen MR) is 84.7 cm³/mol. The maximum atomic E-state index is 13.2. The minimum atomic E-state index is -0.306. The lowest BCUT2D eigenvalue weighted by molar-refractivity contribution is 0.332. The molecule has 0 saturated heterocycles. The number of hydrogen-bond acceptors (Lipinski definition) is 4. The normalized spacial score (nSPS) is 10.6. The summed E-state index contributed by atoms with van der Waals surface area (Å²) < 4.78 is 18.8. The topological polar surface area (TPSA) is 47.0 Å². The molecule has 0 saturated carbocycles. The highest BCUT2D eigenvalue weighted by Gasteiger charge is 2.04. The fourth-order valence-corrected chi connectivity index (χ4v) is 2.14. The van der Waals surface area contributed by atoms with Crippen LogP contribution in [-0.4, -0.2) is 23.1 Å². The van der Waals surface area contributed by atoms with E-state index in [1.807, 2.05) is 31.2 Å². The number of rotatable bonds is 5. The van der Waals surface area contributed by atoms with Gasteiger partial charge in [-0.15, -0.1) is 0 Å². The third-order valence-electron chi connectivity index (χ3n) is 3.28. The van der Waals surface area contributed by atoms with E-state index in [0.717, 1.165) is 11.1 Å². The Morgan fingerprint density at radius 3 is 2.73 bits per heavy atom. The summed E-state index contributed by atoms with van der Waals surface area (Å²) in [5, 5.41) is 3.98. The highest BCUT2D eigenvalue weighted by molar-refractivity contribution is 5.88. The first-order valence-corrected chi connectivity index (χ1v) is 7.06. The van der Waals surface area contributed by atoms with Gasteiger partial charge in [-0.2, -0.15) is 0 Å². The first-order valence-electron chi connectivity index (χ1n) is 7.06. The van der Waals surface area contributed by atoms with E-state index in [0.29, 0.717) is 24.5 Å². The lowest BCUT2D eigenvalue weighted by atomic mass is 10.2. The van der Waals surface area contributed by atoms with Crippen molar-refractivity contribution in [2.24, 2.45) is 0 Å². The minimum Gasteiger partial charge on any atom is -0.492 e. The predicted octanol–water partition coefficient (Wildman–Crippen LogP) is 3.57. The highest BCUT2D eigenvalue weighted by atomic mass is 19.1. The van der Waals surface area contributed by atoms with E-state index in [4.69, 9.17) is 4.74 Å². The molecule has 0 aliphatic rings. The number of aromatic nitrogens is 2. The molecule has 0 aliphatic carbocycles. The average molecular weight is 297 g/mol. The second-order valence-electron chi connectivity index (χ2n) is 4.97. The SMILES string of the molecule is Cc1ccc(OCCNc2ncnc3cc(F)ccc23)cc1. The minimum absolute atomic E-state index is 0.306. The summed E-state index contributed by atoms with van der Waals surface area (Å²) in [5.74, 6) is 1.21. The molecule has 4 nitrogen and oxygen atoms in total. The zero-order valence-electron chi connectivity index (χ0n) is 12.2. The molecule has 0 unspecified atom stereocenters. The van der Waals surface area contributed by atoms with Crippen molar-refractivity contribution in [2.45, 2.75) is 6.92 Å². The van der Waals surface area contributed by atoms with Crippen LogP contribution in [0.15, 0.2) is 48.8 Å². The van der Waals surface area contributed by atoms with Crippen molar-refractivity contribution in [3.63, 3.8) is 0 Å². The molecular formula is C17H16FN3O. The van der Waals surface area contributed by atoms with Crippen LogP contribution in [0.25, 0.3) is 10.9 Å². The zero-order valence-corrected chi connectivity index (χ0v) is 12.2. The number of benzene rings is 2. The molecular weight excluding hydrogens is 281 g/mol. The number of anilines is 1. The van der Waals surface area contributed by atoms with Gasteiger partial charge < -0.3 is 10.1 Å². The maximum absolute atomic E-state index is 13.2. The standard InChI is InChI=1S/C17H16FN3O/c1-12-2-5-14(6-3-12)22-9-8-19-17-15-7-4-13(18)10-16(15)20-11-21-17/h2-7,10-11H,8-9H2,1H3,(H,19,20,21). The Balaban J connectivity index is 1.61. The first kappa shape index (κ1) is 14.3. The maximum Gasteiger partial charge on any atom is 0.137 e. The molecule has 112 valence electrons. The van der Waals surface area contributed by atoms with Gasteiger partial charge in [-0.25, -0.2) is 14.4 Å². The number of hydrogen-bond donors (Lipinski definition) is 1. The van der Waals surface area contributed by atoms with Crippen LogP contribution < -0.4 is 10.1 Å². The van der Waals surface area contributed by atoms with Gasteiger partial charge in [-0.05, 0) is 31.2 Å². The van der Waals surface area contributed by atoms with Gasteiger partial charge in [0.15, 0.2) is 0 Å². The molecule has 22 heavy (non-hydrogen) atoms. The number of nitrogens with one attached hydrogen (secondary N) is 1. The molecule has 2 aromatic carbocycles. The van der Waals surface area contributed by atoms with Crippen molar-refractivity contribution in [3.8, 4) is 5.75 Å². The fraction of sp³-hybridized carbons (Fsp3) is 0.176. The quantitative estimate of drug-likeness (QED) is 0.731. The van der Waals surface area contributed by atoms with Crippen molar-refractivity contribution in [1.82, 2.24) is 9.97 Å². The Morgan fingerprint density at radius 2 is 1.91 bits per heavy atom. The number of halogens is 1. The molecule has 1 aromatic heterocycles. The van der Waals surface area contributed by atoms with Crippen LogP contribution in [0.4, 0.5) is 10.2 Å². The van der Waals surface area contributed by atoms with E-state index in [-0.39, 0.29) is 5.82 Å². The average Bonchev–Trinajstić information content (AvgIpc) is 2.53. The third-order valence-corrected chi connectivity index (χ3v) is 3.28. The van der Waals surface area contributed by atoms with Crippen LogP contribution in [0, 0.1) is 12.7 Å². The lowest BCUT2D eigenvalue weighted by Gasteiger charge is -2.10. The largest absolute Gasteiger partial charge is 0.492 e. The van der Waals surface area contributed by atoms with Gasteiger partial charge in [-0.1, -0.05) is 17.7 Å². The molecule has 1 heterocycles. The van der Waals surface area contributed by atoms with Crippen LogP contribution >= 0.6 is 0 Å². The molecule has 3 aromatic rings. The van der Waals surface area contributed by atoms with Gasteiger partial charge in [0.25, 0.3) is 0 Å². The molecule has 3 rings (SSSR count). The monoisotopic (exact) mass is 297 g/mol. The van der Waals surface area contributed by atoms with Crippen molar-refractivity contribution in [2.75, 3.05) is 18.5 Å². The summed E-state index contributed by atoms with van der Waals surface area (Å²) in [5.41, 5.74) is 1.78. The van der Waals surface area contributed by atoms with E-state index in [1.165, 1.54) is 24.0 Å². The Labute approximate surface area is 128 Å². The van der Waals surface area contributed by atoms with Crippen LogP contribution in [0.3, 0.4) is 0 Å². The Morgan fingerprint density at radius 1 is 1.09 bits per heavy atom. The molecule has 0 aliphatic heterocycles. The Kier molecular flexibility index (Phi) is 4.14. The van der Waals surface area contributed by atoms with E-state index in [2.05, 4.69) is 15.3 Å². The molecule has 0 atom stereocenters. The summed E-state index contributed by atoms with van der Waals surface area (Å²) in [6.45, 7) is 3.14. The lowest BCUT2D eigenvalue weighted by Crippen LogP contribution is -2.12. The van der Waals surface area contributed by atoms with E-state index in [1.54, 1.807) is 6.07 Å². The Bertz CT molecular complexity index is 774. The van der Waals surface area contributed by atoms with E-state index >= 15 is 0 Å². The van der Waals surface area contributed by atoms with E-state index < -0.39 is 0 Å². The molecule has 0 spiro atoms. The first-order chi connectivity index (χ1) is 10.7. The van der Waals surface area contributed by atoms with Gasteiger partial charge in [0.05, 0.1) is 12.1 Å². The van der Waals surface area contributed by atoms with Gasteiger partial charge in [0, 0.05) is 11.5 Å². The van der Waals surface area contributed by atoms with Crippen LogP contribution in [0.1, 0.15) is 5.56 Å². The molecule has 0 amide bonds. The second-order valence-corrected chi connectivity index (χ2v) is 4.97. The van der Waals surface area contributed by atoms with Crippen LogP contribution in [0.5, 0.6) is 5.75 Å². The second kappa shape index (κ2) is 6.39. The summed E-state index contributed by atoms with van der Waals surface area (Å²) in [7, 11) is 0. The summed E-state index contributed by atoms with van der Waals surface area (Å²) >= 11 is 0.